The van der Waals surface area contributed by atoms with Gasteiger partial charge in [0.1, 0.15) is 11.9 Å². The highest BCUT2D eigenvalue weighted by atomic mass is 32.2. The molecule has 28 heavy (non-hydrogen) atoms. The molecule has 2 aromatic rings. The number of imidazole rings is 1. The maximum Gasteiger partial charge on any atom is 0.248 e. The third kappa shape index (κ3) is 4.07. The quantitative estimate of drug-likeness (QED) is 0.782. The van der Waals surface area contributed by atoms with E-state index in [2.05, 4.69) is 46.0 Å². The van der Waals surface area contributed by atoms with Gasteiger partial charge in [0, 0.05) is 39.7 Å². The Hall–Kier alpha value is -2.73. The Balaban J connectivity index is 1.37. The summed E-state index contributed by atoms with van der Waals surface area (Å²) in [5, 5.41) is 0.441. The van der Waals surface area contributed by atoms with Crippen LogP contribution in [0.4, 0.5) is 0 Å². The van der Waals surface area contributed by atoms with Crippen LogP contribution in [-0.4, -0.2) is 26.8 Å². The molecule has 0 spiro atoms. The second-order valence-electron chi connectivity index (χ2n) is 7.01. The van der Waals surface area contributed by atoms with Crippen molar-refractivity contribution < 1.29 is 9.53 Å². The van der Waals surface area contributed by atoms with Gasteiger partial charge in [-0.05, 0) is 56.2 Å². The van der Waals surface area contributed by atoms with Gasteiger partial charge in [-0.3, -0.25) is 4.79 Å². The number of amides is 1. The number of nitrogens with two attached hydrogens (primary N) is 1. The van der Waals surface area contributed by atoms with Crippen LogP contribution < -0.4 is 5.73 Å². The van der Waals surface area contributed by atoms with Gasteiger partial charge in [-0.15, -0.1) is 11.8 Å². The van der Waals surface area contributed by atoms with Crippen LogP contribution in [0.25, 0.3) is 5.69 Å². The van der Waals surface area contributed by atoms with Gasteiger partial charge in [-0.1, -0.05) is 12.2 Å². The van der Waals surface area contributed by atoms with Crippen LogP contribution in [0.15, 0.2) is 77.7 Å². The lowest BCUT2D eigenvalue weighted by molar-refractivity contribution is -0.114. The van der Waals surface area contributed by atoms with Gasteiger partial charge in [0.15, 0.2) is 0 Å². The van der Waals surface area contributed by atoms with E-state index >= 15 is 0 Å². The summed E-state index contributed by atoms with van der Waals surface area (Å²) < 4.78 is 7.75. The Bertz CT molecular complexity index is 943. The highest BCUT2D eigenvalue weighted by molar-refractivity contribution is 8.00. The average Bonchev–Trinajstić information content (AvgIpc) is 3.15. The van der Waals surface area contributed by atoms with E-state index in [0.29, 0.717) is 10.8 Å². The van der Waals surface area contributed by atoms with Gasteiger partial charge in [0.2, 0.25) is 5.91 Å². The first-order valence-corrected chi connectivity index (χ1v) is 10.3. The minimum atomic E-state index is -0.410. The van der Waals surface area contributed by atoms with Crippen molar-refractivity contribution in [1.29, 1.82) is 0 Å². The predicted octanol–water partition coefficient (Wildman–Crippen LogP) is 3.93. The molecule has 0 bridgehead atoms. The van der Waals surface area contributed by atoms with Crippen LogP contribution in [0.5, 0.6) is 0 Å². The first-order valence-electron chi connectivity index (χ1n) is 9.39. The molecule has 3 unspecified atom stereocenters. The zero-order valence-electron chi connectivity index (χ0n) is 15.7. The summed E-state index contributed by atoms with van der Waals surface area (Å²) in [7, 11) is 0. The lowest BCUT2D eigenvalue weighted by Gasteiger charge is -2.28. The zero-order chi connectivity index (χ0) is 19.5. The summed E-state index contributed by atoms with van der Waals surface area (Å²) in [6.45, 7) is 2.00. The Morgan fingerprint density at radius 1 is 1.25 bits per heavy atom. The molecule has 0 radical (unpaired) electrons. The summed E-state index contributed by atoms with van der Waals surface area (Å²) >= 11 is 1.87. The molecule has 0 saturated carbocycles. The number of rotatable bonds is 5. The fourth-order valence-electron chi connectivity index (χ4n) is 3.56. The topological polar surface area (TPSA) is 70.1 Å². The first-order chi connectivity index (χ1) is 13.6. The maximum atomic E-state index is 11.4. The fourth-order valence-corrected chi connectivity index (χ4v) is 4.63. The van der Waals surface area contributed by atoms with Crippen molar-refractivity contribution in [1.82, 2.24) is 9.55 Å². The van der Waals surface area contributed by atoms with Gasteiger partial charge in [-0.25, -0.2) is 4.98 Å². The monoisotopic (exact) mass is 393 g/mol. The Morgan fingerprint density at radius 3 is 2.71 bits per heavy atom. The third-order valence-corrected chi connectivity index (χ3v) is 6.36. The Labute approximate surface area is 169 Å². The molecule has 0 fully saturated rings. The van der Waals surface area contributed by atoms with Crippen molar-refractivity contribution in [3.05, 3.63) is 78.6 Å². The molecule has 1 amide bonds. The summed E-state index contributed by atoms with van der Waals surface area (Å²) in [4.78, 5) is 16.9. The van der Waals surface area contributed by atoms with Crippen molar-refractivity contribution in [2.45, 2.75) is 36.0 Å². The molecule has 5 nitrogen and oxygen atoms in total. The maximum absolute atomic E-state index is 11.4. The molecule has 1 aromatic carbocycles. The molecular formula is C22H23N3O2S. The molecule has 144 valence electrons. The number of ether oxygens (including phenoxy) is 1. The van der Waals surface area contributed by atoms with Gasteiger partial charge in [0.25, 0.3) is 0 Å². The van der Waals surface area contributed by atoms with Crippen molar-refractivity contribution >= 4 is 17.7 Å². The number of nitrogens with zero attached hydrogens (tertiary/aromatic N) is 2. The lowest BCUT2D eigenvalue weighted by atomic mass is 9.89. The lowest BCUT2D eigenvalue weighted by Crippen LogP contribution is -2.26. The van der Waals surface area contributed by atoms with Crippen LogP contribution in [0.3, 0.4) is 0 Å². The fraction of sp³-hybridized carbons (Fsp3) is 0.273. The molecule has 2 heterocycles. The number of primary amides is 1. The van der Waals surface area contributed by atoms with Crippen LogP contribution in [0.1, 0.15) is 18.7 Å². The largest absolute Gasteiger partial charge is 0.493 e. The summed E-state index contributed by atoms with van der Waals surface area (Å²) in [6.07, 6.45) is 15.3. The molecule has 6 heteroatoms. The summed E-state index contributed by atoms with van der Waals surface area (Å²) in [6, 6.07) is 8.59. The summed E-state index contributed by atoms with van der Waals surface area (Å²) in [5.74, 6) is 0.838. The SMILES string of the molecule is Cc1nccn1-c1ccc(SC2C=CC(C3C=C(C(N)=O)C=CO3)CC2)cc1. The van der Waals surface area contributed by atoms with Crippen LogP contribution in [0.2, 0.25) is 0 Å². The van der Waals surface area contributed by atoms with Gasteiger partial charge < -0.3 is 15.0 Å². The van der Waals surface area contributed by atoms with E-state index in [0.717, 1.165) is 24.4 Å². The minimum absolute atomic E-state index is 0.118. The van der Waals surface area contributed by atoms with Crippen LogP contribution >= 0.6 is 11.8 Å². The van der Waals surface area contributed by atoms with Gasteiger partial charge >= 0.3 is 0 Å². The zero-order valence-corrected chi connectivity index (χ0v) is 16.5. The highest BCUT2D eigenvalue weighted by Gasteiger charge is 2.25. The molecule has 1 aliphatic heterocycles. The number of carbonyl (C=O) groups is 1. The van der Waals surface area contributed by atoms with E-state index in [-0.39, 0.29) is 12.0 Å². The van der Waals surface area contributed by atoms with Gasteiger partial charge in [-0.2, -0.15) is 0 Å². The molecule has 1 aromatic heterocycles. The molecular weight excluding hydrogens is 370 g/mol. The Morgan fingerprint density at radius 2 is 2.07 bits per heavy atom. The highest BCUT2D eigenvalue weighted by Crippen LogP contribution is 2.34. The van der Waals surface area contributed by atoms with Crippen molar-refractivity contribution in [2.24, 2.45) is 11.7 Å². The van der Waals surface area contributed by atoms with Gasteiger partial charge in [0.05, 0.1) is 6.26 Å². The number of aryl methyl sites for hydroxylation is 1. The molecule has 2 aliphatic rings. The first kappa shape index (κ1) is 18.6. The van der Waals surface area contributed by atoms with Crippen molar-refractivity contribution in [3.8, 4) is 5.69 Å². The number of carbonyl (C=O) groups excluding carboxylic acids is 1. The number of thioether (sulfide) groups is 1. The van der Waals surface area contributed by atoms with E-state index < -0.39 is 5.91 Å². The number of benzene rings is 1. The van der Waals surface area contributed by atoms with Crippen LogP contribution in [0, 0.1) is 12.8 Å². The van der Waals surface area contributed by atoms with Crippen LogP contribution in [-0.2, 0) is 9.53 Å². The average molecular weight is 394 g/mol. The smallest absolute Gasteiger partial charge is 0.248 e. The van der Waals surface area contributed by atoms with Crippen molar-refractivity contribution in [2.75, 3.05) is 0 Å². The second kappa shape index (κ2) is 8.10. The Kier molecular flexibility index (Phi) is 5.39. The normalized spacial score (nSPS) is 23.9. The second-order valence-corrected chi connectivity index (χ2v) is 8.32. The standard InChI is InChI=1S/C22H23N3O2S/c1-15-24-11-12-25(15)18-4-8-20(9-5-18)28-19-6-2-16(3-7-19)21-14-17(22(23)26)10-13-27-21/h2,4-6,8-14,16,19,21H,3,7H2,1H3,(H2,23,26). The molecule has 4 rings (SSSR count). The third-order valence-electron chi connectivity index (χ3n) is 5.12. The molecule has 3 atom stereocenters. The van der Waals surface area contributed by atoms with Crippen molar-refractivity contribution in [3.63, 3.8) is 0 Å². The molecule has 2 N–H and O–H groups in total. The van der Waals surface area contributed by atoms with E-state index in [4.69, 9.17) is 10.5 Å². The predicted molar refractivity (Wildman–Crippen MR) is 111 cm³/mol. The van der Waals surface area contributed by atoms with E-state index in [9.17, 15) is 4.79 Å². The number of aromatic nitrogens is 2. The van der Waals surface area contributed by atoms with E-state index in [1.165, 1.54) is 4.90 Å². The number of hydrogen-bond donors (Lipinski definition) is 1. The minimum Gasteiger partial charge on any atom is -0.493 e. The molecule has 0 saturated heterocycles. The van der Waals surface area contributed by atoms with E-state index in [1.54, 1.807) is 12.3 Å². The van der Waals surface area contributed by atoms with E-state index in [1.807, 2.05) is 37.2 Å². The molecule has 1 aliphatic carbocycles. The number of hydrogen-bond acceptors (Lipinski definition) is 4. The summed E-state index contributed by atoms with van der Waals surface area (Å²) in [5.41, 5.74) is 7.02.